The molecule has 0 bridgehead atoms. The third-order valence-corrected chi connectivity index (χ3v) is 3.19. The van der Waals surface area contributed by atoms with Gasteiger partial charge in [-0.3, -0.25) is 0 Å². The van der Waals surface area contributed by atoms with Crippen LogP contribution in [0.1, 0.15) is 32.3 Å². The topological polar surface area (TPSA) is 21.3 Å². The number of ether oxygens (including phenoxy) is 1. The lowest BCUT2D eigenvalue weighted by Gasteiger charge is -2.09. The van der Waals surface area contributed by atoms with Crippen LogP contribution in [0.15, 0.2) is 29.8 Å². The van der Waals surface area contributed by atoms with Gasteiger partial charge in [0, 0.05) is 12.6 Å². The van der Waals surface area contributed by atoms with Crippen molar-refractivity contribution in [1.82, 2.24) is 5.32 Å². The number of nitrogens with one attached hydrogen (secondary N) is 1. The lowest BCUT2D eigenvalue weighted by atomic mass is 10.2. The van der Waals surface area contributed by atoms with E-state index in [1.54, 1.807) is 0 Å². The summed E-state index contributed by atoms with van der Waals surface area (Å²) in [7, 11) is 0. The first kappa shape index (κ1) is 13.4. The van der Waals surface area contributed by atoms with Crippen LogP contribution >= 0.6 is 11.6 Å². The van der Waals surface area contributed by atoms with Gasteiger partial charge in [-0.05, 0) is 50.5 Å². The quantitative estimate of drug-likeness (QED) is 0.787. The smallest absolute Gasteiger partial charge is 0.138 e. The molecular formula is C15H20ClNO. The molecule has 1 fully saturated rings. The maximum Gasteiger partial charge on any atom is 0.138 e. The predicted octanol–water partition coefficient (Wildman–Crippen LogP) is 3.94. The van der Waals surface area contributed by atoms with E-state index in [1.165, 1.54) is 24.0 Å². The van der Waals surface area contributed by atoms with Crippen LogP contribution in [0.25, 0.3) is 0 Å². The van der Waals surface area contributed by atoms with Gasteiger partial charge in [0.1, 0.15) is 12.4 Å². The van der Waals surface area contributed by atoms with Gasteiger partial charge in [-0.25, -0.2) is 0 Å². The first-order valence-corrected chi connectivity index (χ1v) is 6.81. The van der Waals surface area contributed by atoms with Crippen LogP contribution in [0, 0.1) is 0 Å². The highest BCUT2D eigenvalue weighted by molar-refractivity contribution is 6.32. The van der Waals surface area contributed by atoms with E-state index in [9.17, 15) is 0 Å². The second-order valence-electron chi connectivity index (χ2n) is 5.01. The molecule has 0 heterocycles. The zero-order valence-electron chi connectivity index (χ0n) is 11.0. The minimum atomic E-state index is 0.571. The minimum absolute atomic E-state index is 0.571. The van der Waals surface area contributed by atoms with Gasteiger partial charge in [-0.15, -0.1) is 0 Å². The van der Waals surface area contributed by atoms with Crippen molar-refractivity contribution < 1.29 is 4.74 Å². The number of allylic oxidation sites excluding steroid dienone is 1. The highest BCUT2D eigenvalue weighted by Gasteiger charge is 2.19. The summed E-state index contributed by atoms with van der Waals surface area (Å²) in [6, 6.07) is 6.72. The van der Waals surface area contributed by atoms with Crippen LogP contribution in [0.4, 0.5) is 0 Å². The molecule has 1 aliphatic carbocycles. The SMILES string of the molecule is CC(C)=CCOc1ccc(CNC2CC2)cc1Cl. The van der Waals surface area contributed by atoms with Crippen LogP contribution in [-0.2, 0) is 6.54 Å². The Morgan fingerprint density at radius 3 is 2.83 bits per heavy atom. The number of halogens is 1. The highest BCUT2D eigenvalue weighted by atomic mass is 35.5. The van der Waals surface area contributed by atoms with Crippen LogP contribution < -0.4 is 10.1 Å². The summed E-state index contributed by atoms with van der Waals surface area (Å²) in [5, 5.41) is 4.16. The third kappa shape index (κ3) is 4.35. The van der Waals surface area contributed by atoms with Crippen LogP contribution in [0.5, 0.6) is 5.75 Å². The molecule has 98 valence electrons. The molecule has 1 aromatic carbocycles. The van der Waals surface area contributed by atoms with Crippen molar-refractivity contribution in [2.24, 2.45) is 0 Å². The van der Waals surface area contributed by atoms with E-state index in [0.29, 0.717) is 11.6 Å². The number of rotatable bonds is 6. The Bertz CT molecular complexity index is 434. The van der Waals surface area contributed by atoms with E-state index < -0.39 is 0 Å². The van der Waals surface area contributed by atoms with Gasteiger partial charge in [0.25, 0.3) is 0 Å². The van der Waals surface area contributed by atoms with Gasteiger partial charge < -0.3 is 10.1 Å². The van der Waals surface area contributed by atoms with E-state index in [-0.39, 0.29) is 0 Å². The molecule has 0 radical (unpaired) electrons. The Hall–Kier alpha value is -0.990. The molecule has 2 rings (SSSR count). The Morgan fingerprint density at radius 2 is 2.22 bits per heavy atom. The summed E-state index contributed by atoms with van der Waals surface area (Å²) >= 11 is 6.20. The zero-order valence-corrected chi connectivity index (χ0v) is 11.8. The molecule has 2 nitrogen and oxygen atoms in total. The van der Waals surface area contributed by atoms with Gasteiger partial charge in [0.05, 0.1) is 5.02 Å². The Labute approximate surface area is 114 Å². The van der Waals surface area contributed by atoms with E-state index in [2.05, 4.69) is 25.2 Å². The van der Waals surface area contributed by atoms with Crippen LogP contribution in [0.2, 0.25) is 5.02 Å². The summed E-state index contributed by atoms with van der Waals surface area (Å²) < 4.78 is 5.61. The van der Waals surface area contributed by atoms with E-state index in [1.807, 2.05) is 18.2 Å². The fourth-order valence-electron chi connectivity index (χ4n) is 1.62. The van der Waals surface area contributed by atoms with Crippen molar-refractivity contribution in [2.45, 2.75) is 39.3 Å². The largest absolute Gasteiger partial charge is 0.488 e. The van der Waals surface area contributed by atoms with Gasteiger partial charge in [-0.2, -0.15) is 0 Å². The van der Waals surface area contributed by atoms with Crippen molar-refractivity contribution >= 4 is 11.6 Å². The summed E-state index contributed by atoms with van der Waals surface area (Å²) in [4.78, 5) is 0. The molecule has 0 aliphatic heterocycles. The van der Waals surface area contributed by atoms with Gasteiger partial charge in [0.2, 0.25) is 0 Å². The molecule has 1 aromatic rings. The molecule has 0 aromatic heterocycles. The van der Waals surface area contributed by atoms with Gasteiger partial charge in [0.15, 0.2) is 0 Å². The molecule has 0 amide bonds. The normalized spacial score (nSPS) is 14.4. The third-order valence-electron chi connectivity index (χ3n) is 2.90. The monoisotopic (exact) mass is 265 g/mol. The van der Waals surface area contributed by atoms with Crippen LogP contribution in [0.3, 0.4) is 0 Å². The Balaban J connectivity index is 1.89. The fraction of sp³-hybridized carbons (Fsp3) is 0.467. The predicted molar refractivity (Wildman–Crippen MR) is 76.2 cm³/mol. The molecule has 18 heavy (non-hydrogen) atoms. The van der Waals surface area contributed by atoms with Gasteiger partial charge in [-0.1, -0.05) is 23.2 Å². The number of benzene rings is 1. The highest BCUT2D eigenvalue weighted by Crippen LogP contribution is 2.26. The maximum atomic E-state index is 6.20. The second-order valence-corrected chi connectivity index (χ2v) is 5.42. The van der Waals surface area contributed by atoms with Crippen molar-refractivity contribution in [3.05, 3.63) is 40.4 Å². The lowest BCUT2D eigenvalue weighted by Crippen LogP contribution is -2.15. The Morgan fingerprint density at radius 1 is 1.44 bits per heavy atom. The molecule has 1 aliphatic rings. The molecule has 3 heteroatoms. The average molecular weight is 266 g/mol. The van der Waals surface area contributed by atoms with E-state index in [0.717, 1.165) is 18.3 Å². The van der Waals surface area contributed by atoms with Crippen molar-refractivity contribution in [3.63, 3.8) is 0 Å². The van der Waals surface area contributed by atoms with Crippen molar-refractivity contribution in [3.8, 4) is 5.75 Å². The zero-order chi connectivity index (χ0) is 13.0. The molecule has 1 N–H and O–H groups in total. The minimum Gasteiger partial charge on any atom is -0.488 e. The molecule has 0 saturated heterocycles. The lowest BCUT2D eigenvalue weighted by molar-refractivity contribution is 0.362. The van der Waals surface area contributed by atoms with E-state index >= 15 is 0 Å². The number of hydrogen-bond acceptors (Lipinski definition) is 2. The van der Waals surface area contributed by atoms with Crippen LogP contribution in [-0.4, -0.2) is 12.6 Å². The Kier molecular flexibility index (Phi) is 4.67. The standard InChI is InChI=1S/C15H20ClNO/c1-11(2)7-8-18-15-6-3-12(9-14(15)16)10-17-13-4-5-13/h3,6-7,9,13,17H,4-5,8,10H2,1-2H3. The maximum absolute atomic E-state index is 6.20. The molecular weight excluding hydrogens is 246 g/mol. The summed E-state index contributed by atoms with van der Waals surface area (Å²) in [5.41, 5.74) is 2.46. The molecule has 0 atom stereocenters. The average Bonchev–Trinajstić information content (AvgIpc) is 3.12. The second kappa shape index (κ2) is 6.26. The van der Waals surface area contributed by atoms with Crippen molar-refractivity contribution in [1.29, 1.82) is 0 Å². The molecule has 0 spiro atoms. The first-order chi connectivity index (χ1) is 8.65. The van der Waals surface area contributed by atoms with E-state index in [4.69, 9.17) is 16.3 Å². The van der Waals surface area contributed by atoms with Crippen molar-refractivity contribution in [2.75, 3.05) is 6.61 Å². The first-order valence-electron chi connectivity index (χ1n) is 6.43. The number of hydrogen-bond donors (Lipinski definition) is 1. The molecule has 0 unspecified atom stereocenters. The summed E-state index contributed by atoms with van der Waals surface area (Å²) in [6.45, 7) is 5.57. The summed E-state index contributed by atoms with van der Waals surface area (Å²) in [6.07, 6.45) is 4.65. The summed E-state index contributed by atoms with van der Waals surface area (Å²) in [5.74, 6) is 0.754. The fourth-order valence-corrected chi connectivity index (χ4v) is 1.88. The van der Waals surface area contributed by atoms with Gasteiger partial charge >= 0.3 is 0 Å². The molecule has 1 saturated carbocycles.